The minimum Gasteiger partial charge on any atom is -0.506 e. The largest absolute Gasteiger partial charge is 0.506 e. The highest BCUT2D eigenvalue weighted by Crippen LogP contribution is 2.39. The van der Waals surface area contributed by atoms with Gasteiger partial charge in [0.2, 0.25) is 0 Å². The van der Waals surface area contributed by atoms with Crippen LogP contribution in [0.1, 0.15) is 90.3 Å². The van der Waals surface area contributed by atoms with E-state index in [1.165, 1.54) is 19.3 Å². The molecule has 0 amide bonds. The fourth-order valence-corrected chi connectivity index (χ4v) is 5.15. The summed E-state index contributed by atoms with van der Waals surface area (Å²) in [6.45, 7) is 6.70. The smallest absolute Gasteiger partial charge is 0.137 e. The Labute approximate surface area is 197 Å². The van der Waals surface area contributed by atoms with Gasteiger partial charge in [0.1, 0.15) is 24.2 Å². The first kappa shape index (κ1) is 23.3. The lowest BCUT2D eigenvalue weighted by Crippen LogP contribution is -2.13. The highest BCUT2D eigenvalue weighted by Gasteiger charge is 2.25. The maximum Gasteiger partial charge on any atom is 0.137 e. The second-order valence-corrected chi connectivity index (χ2v) is 9.21. The molecule has 1 aliphatic rings. The first-order chi connectivity index (χ1) is 16.0. The molecule has 2 aromatic carbocycles. The zero-order valence-electron chi connectivity index (χ0n) is 20.0. The van der Waals surface area contributed by atoms with Crippen molar-refractivity contribution in [2.45, 2.75) is 77.9 Å². The number of pyridine rings is 1. The molecule has 1 heterocycles. The average molecular weight is 446 g/mol. The van der Waals surface area contributed by atoms with Crippen LogP contribution in [0, 0.1) is 13.8 Å². The molecule has 174 valence electrons. The molecule has 3 aromatic rings. The molecule has 2 N–H and O–H groups in total. The van der Waals surface area contributed by atoms with E-state index in [-0.39, 0.29) is 11.7 Å². The Kier molecular flexibility index (Phi) is 7.34. The number of hydrogen-bond acceptors (Lipinski definition) is 4. The lowest BCUT2D eigenvalue weighted by Gasteiger charge is -2.25. The average Bonchev–Trinajstić information content (AvgIpc) is 2.85. The molecule has 1 atom stereocenters. The van der Waals surface area contributed by atoms with Crippen LogP contribution >= 0.6 is 0 Å². The second kappa shape index (κ2) is 10.4. The van der Waals surface area contributed by atoms with Gasteiger partial charge in [-0.1, -0.05) is 56.5 Å². The van der Waals surface area contributed by atoms with Crippen molar-refractivity contribution in [2.75, 3.05) is 0 Å². The Balaban J connectivity index is 1.65. The molecular formula is C29H35NO3. The normalized spacial score (nSPS) is 15.4. The highest BCUT2D eigenvalue weighted by atomic mass is 16.5. The van der Waals surface area contributed by atoms with Crippen molar-refractivity contribution >= 4 is 0 Å². The van der Waals surface area contributed by atoms with Gasteiger partial charge in [-0.3, -0.25) is 4.98 Å². The van der Waals surface area contributed by atoms with Crippen LogP contribution in [0.2, 0.25) is 0 Å². The van der Waals surface area contributed by atoms with Gasteiger partial charge in [-0.15, -0.1) is 0 Å². The Bertz CT molecular complexity index is 1090. The van der Waals surface area contributed by atoms with E-state index in [0.717, 1.165) is 58.5 Å². The van der Waals surface area contributed by atoms with Crippen LogP contribution in [0.25, 0.3) is 0 Å². The Morgan fingerprint density at radius 3 is 2.45 bits per heavy atom. The number of ether oxygens (including phenoxy) is 1. The molecule has 0 bridgehead atoms. The molecule has 4 heteroatoms. The first-order valence-electron chi connectivity index (χ1n) is 12.2. The molecule has 33 heavy (non-hydrogen) atoms. The van der Waals surface area contributed by atoms with E-state index in [1.54, 1.807) is 12.1 Å². The van der Waals surface area contributed by atoms with Crippen LogP contribution in [0.5, 0.6) is 11.5 Å². The third kappa shape index (κ3) is 5.06. The van der Waals surface area contributed by atoms with Crippen LogP contribution < -0.4 is 4.74 Å². The molecule has 1 aromatic heterocycles. The summed E-state index contributed by atoms with van der Waals surface area (Å²) >= 11 is 0. The van der Waals surface area contributed by atoms with Crippen molar-refractivity contribution in [1.82, 2.24) is 4.98 Å². The number of nitrogens with zero attached hydrogens (tertiary/aromatic N) is 1. The monoisotopic (exact) mass is 445 g/mol. The topological polar surface area (TPSA) is 62.6 Å². The summed E-state index contributed by atoms with van der Waals surface area (Å²) in [5, 5.41) is 21.9. The van der Waals surface area contributed by atoms with Crippen LogP contribution in [-0.4, -0.2) is 15.2 Å². The van der Waals surface area contributed by atoms with Gasteiger partial charge < -0.3 is 14.9 Å². The van der Waals surface area contributed by atoms with Crippen molar-refractivity contribution in [3.8, 4) is 11.5 Å². The van der Waals surface area contributed by atoms with Gasteiger partial charge in [-0.05, 0) is 79.1 Å². The summed E-state index contributed by atoms with van der Waals surface area (Å²) in [7, 11) is 0. The van der Waals surface area contributed by atoms with Gasteiger partial charge in [0.15, 0.2) is 0 Å². The summed E-state index contributed by atoms with van der Waals surface area (Å²) in [6.07, 6.45) is 5.62. The Hall–Kier alpha value is -2.85. The summed E-state index contributed by atoms with van der Waals surface area (Å²) in [5.41, 5.74) is 6.50. The molecule has 0 aliphatic heterocycles. The maximum absolute atomic E-state index is 11.4. The third-order valence-corrected chi connectivity index (χ3v) is 6.98. The standard InChI is InChI=1S/C29H35NO3/c1-4-23-20(3)26(33-18-21-11-7-5-8-12-21)17-19(2)27(23)29(32)24-15-16-25(31)28(30-24)22-13-9-6-10-14-22/h5,7-8,11-12,15-17,22,29,31-32H,4,6,9-10,13-14,18H2,1-3H3. The molecule has 1 saturated carbocycles. The number of rotatable bonds is 7. The summed E-state index contributed by atoms with van der Waals surface area (Å²) < 4.78 is 6.17. The van der Waals surface area contributed by atoms with Gasteiger partial charge in [-0.25, -0.2) is 0 Å². The molecule has 0 radical (unpaired) electrons. The molecule has 0 saturated heterocycles. The fourth-order valence-electron chi connectivity index (χ4n) is 5.15. The van der Waals surface area contributed by atoms with Gasteiger partial charge in [0.05, 0.1) is 11.4 Å². The maximum atomic E-state index is 11.4. The van der Waals surface area contributed by atoms with Crippen LogP contribution in [-0.2, 0) is 13.0 Å². The van der Waals surface area contributed by atoms with E-state index in [9.17, 15) is 10.2 Å². The summed E-state index contributed by atoms with van der Waals surface area (Å²) in [6, 6.07) is 15.6. The number of aliphatic hydroxyl groups is 1. The summed E-state index contributed by atoms with van der Waals surface area (Å²) in [4.78, 5) is 4.79. The van der Waals surface area contributed by atoms with Gasteiger partial charge in [0.25, 0.3) is 0 Å². The molecule has 4 rings (SSSR count). The molecule has 1 unspecified atom stereocenters. The van der Waals surface area contributed by atoms with Gasteiger partial charge >= 0.3 is 0 Å². The van der Waals surface area contributed by atoms with E-state index in [2.05, 4.69) is 26.0 Å². The zero-order chi connectivity index (χ0) is 23.4. The molecule has 4 nitrogen and oxygen atoms in total. The lowest BCUT2D eigenvalue weighted by atomic mass is 9.85. The van der Waals surface area contributed by atoms with Crippen molar-refractivity contribution < 1.29 is 14.9 Å². The number of aromatic hydroxyl groups is 1. The molecule has 1 aliphatic carbocycles. The third-order valence-electron chi connectivity index (χ3n) is 6.98. The van der Waals surface area contributed by atoms with Crippen molar-refractivity contribution in [3.63, 3.8) is 0 Å². The van der Waals surface area contributed by atoms with Crippen LogP contribution in [0.3, 0.4) is 0 Å². The van der Waals surface area contributed by atoms with Gasteiger partial charge in [0, 0.05) is 5.92 Å². The lowest BCUT2D eigenvalue weighted by molar-refractivity contribution is 0.212. The minimum atomic E-state index is -0.843. The van der Waals surface area contributed by atoms with Crippen LogP contribution in [0.15, 0.2) is 48.5 Å². The first-order valence-corrected chi connectivity index (χ1v) is 12.2. The minimum absolute atomic E-state index is 0.242. The quantitative estimate of drug-likeness (QED) is 0.426. The van der Waals surface area contributed by atoms with Crippen molar-refractivity contribution in [1.29, 1.82) is 0 Å². The SMILES string of the molecule is CCc1c(C)c(OCc2ccccc2)cc(C)c1C(O)c1ccc(O)c(C2CCCCC2)n1. The van der Waals surface area contributed by atoms with E-state index in [0.29, 0.717) is 12.3 Å². The van der Waals surface area contributed by atoms with E-state index < -0.39 is 6.10 Å². The number of hydrogen-bond donors (Lipinski definition) is 2. The Morgan fingerprint density at radius 2 is 1.76 bits per heavy atom. The van der Waals surface area contributed by atoms with Crippen molar-refractivity contribution in [3.05, 3.63) is 87.7 Å². The number of aliphatic hydroxyl groups excluding tert-OH is 1. The fraction of sp³-hybridized carbons (Fsp3) is 0.414. The predicted octanol–water partition coefficient (Wildman–Crippen LogP) is 6.67. The van der Waals surface area contributed by atoms with Crippen molar-refractivity contribution in [2.24, 2.45) is 0 Å². The molecule has 0 spiro atoms. The van der Waals surface area contributed by atoms with E-state index in [1.807, 2.05) is 31.2 Å². The van der Waals surface area contributed by atoms with Gasteiger partial charge in [-0.2, -0.15) is 0 Å². The molecular weight excluding hydrogens is 410 g/mol. The Morgan fingerprint density at radius 1 is 1.03 bits per heavy atom. The second-order valence-electron chi connectivity index (χ2n) is 9.21. The highest BCUT2D eigenvalue weighted by molar-refractivity contribution is 5.51. The van der Waals surface area contributed by atoms with E-state index >= 15 is 0 Å². The van der Waals surface area contributed by atoms with E-state index in [4.69, 9.17) is 9.72 Å². The van der Waals surface area contributed by atoms with Crippen LogP contribution in [0.4, 0.5) is 0 Å². The predicted molar refractivity (Wildman–Crippen MR) is 132 cm³/mol. The number of aromatic nitrogens is 1. The molecule has 1 fully saturated rings. The number of benzene rings is 2. The number of aryl methyl sites for hydroxylation is 1. The summed E-state index contributed by atoms with van der Waals surface area (Å²) in [5.74, 6) is 1.37. The zero-order valence-corrected chi connectivity index (χ0v) is 20.0.